The van der Waals surface area contributed by atoms with Gasteiger partial charge in [0.1, 0.15) is 12.0 Å². The van der Waals surface area contributed by atoms with Gasteiger partial charge in [0.2, 0.25) is 5.78 Å². The van der Waals surface area contributed by atoms with Crippen LogP contribution in [-0.2, 0) is 6.61 Å². The first-order chi connectivity index (χ1) is 4.74. The van der Waals surface area contributed by atoms with Gasteiger partial charge in [0.05, 0.1) is 6.61 Å². The first kappa shape index (κ1) is 6.95. The molecule has 10 heavy (non-hydrogen) atoms. The van der Waals surface area contributed by atoms with E-state index in [1.54, 1.807) is 0 Å². The average Bonchev–Trinajstić information content (AvgIpc) is 2.34. The van der Waals surface area contributed by atoms with E-state index in [-0.39, 0.29) is 18.3 Å². The zero-order valence-corrected chi connectivity index (χ0v) is 5.50. The third kappa shape index (κ3) is 1.22. The number of aliphatic hydroxyl groups excluding tert-OH is 1. The summed E-state index contributed by atoms with van der Waals surface area (Å²) in [5, 5.41) is 8.50. The van der Waals surface area contributed by atoms with Crippen molar-refractivity contribution in [3.05, 3.63) is 17.8 Å². The van der Waals surface area contributed by atoms with Crippen molar-refractivity contribution >= 4 is 5.78 Å². The number of hydrogen-bond acceptors (Lipinski definition) is 4. The summed E-state index contributed by atoms with van der Waals surface area (Å²) in [6.45, 7) is 1.16. The lowest BCUT2D eigenvalue weighted by molar-refractivity contribution is 0.0980. The van der Waals surface area contributed by atoms with E-state index < -0.39 is 0 Å². The molecule has 1 heterocycles. The SMILES string of the molecule is CC(=O)c1nc(CO)co1. The van der Waals surface area contributed by atoms with E-state index in [1.165, 1.54) is 13.2 Å². The van der Waals surface area contributed by atoms with Gasteiger partial charge >= 0.3 is 0 Å². The van der Waals surface area contributed by atoms with Crippen LogP contribution in [0.2, 0.25) is 0 Å². The summed E-state index contributed by atoms with van der Waals surface area (Å²) >= 11 is 0. The smallest absolute Gasteiger partial charge is 0.263 e. The number of aromatic nitrogens is 1. The zero-order valence-electron chi connectivity index (χ0n) is 5.50. The molecule has 0 saturated heterocycles. The second-order valence-electron chi connectivity index (χ2n) is 1.86. The predicted molar refractivity (Wildman–Crippen MR) is 32.4 cm³/mol. The number of carbonyl (C=O) groups excluding carboxylic acids is 1. The van der Waals surface area contributed by atoms with E-state index in [2.05, 4.69) is 4.98 Å². The molecule has 0 unspecified atom stereocenters. The fourth-order valence-corrected chi connectivity index (χ4v) is 0.541. The summed E-state index contributed by atoms with van der Waals surface area (Å²) in [4.78, 5) is 14.2. The first-order valence-electron chi connectivity index (χ1n) is 2.80. The van der Waals surface area contributed by atoms with Crippen LogP contribution in [-0.4, -0.2) is 15.9 Å². The van der Waals surface area contributed by atoms with Crippen LogP contribution in [0.25, 0.3) is 0 Å². The zero-order chi connectivity index (χ0) is 7.56. The molecule has 54 valence electrons. The van der Waals surface area contributed by atoms with E-state index in [0.29, 0.717) is 5.69 Å². The largest absolute Gasteiger partial charge is 0.442 e. The fourth-order valence-electron chi connectivity index (χ4n) is 0.541. The summed E-state index contributed by atoms with van der Waals surface area (Å²) in [6.07, 6.45) is 1.26. The third-order valence-corrected chi connectivity index (χ3v) is 1.01. The van der Waals surface area contributed by atoms with Gasteiger partial charge in [-0.2, -0.15) is 0 Å². The molecule has 4 nitrogen and oxygen atoms in total. The standard InChI is InChI=1S/C6H7NO3/c1-4(9)6-7-5(2-8)3-10-6/h3,8H,2H2,1H3. The van der Waals surface area contributed by atoms with Gasteiger partial charge in [0.15, 0.2) is 0 Å². The average molecular weight is 141 g/mol. The molecule has 1 aromatic rings. The lowest BCUT2D eigenvalue weighted by Crippen LogP contribution is -1.92. The molecule has 1 aromatic heterocycles. The highest BCUT2D eigenvalue weighted by atomic mass is 16.4. The van der Waals surface area contributed by atoms with Crippen LogP contribution >= 0.6 is 0 Å². The normalized spacial score (nSPS) is 9.80. The van der Waals surface area contributed by atoms with Crippen molar-refractivity contribution in [1.82, 2.24) is 4.98 Å². The molecule has 0 amide bonds. The lowest BCUT2D eigenvalue weighted by atomic mass is 10.4. The van der Waals surface area contributed by atoms with Crippen LogP contribution in [0.5, 0.6) is 0 Å². The minimum absolute atomic E-state index is 0.0454. The van der Waals surface area contributed by atoms with E-state index in [4.69, 9.17) is 9.52 Å². The van der Waals surface area contributed by atoms with Gasteiger partial charge in [-0.15, -0.1) is 0 Å². The van der Waals surface area contributed by atoms with E-state index >= 15 is 0 Å². The fraction of sp³-hybridized carbons (Fsp3) is 0.333. The van der Waals surface area contributed by atoms with Gasteiger partial charge in [-0.1, -0.05) is 0 Å². The van der Waals surface area contributed by atoms with Crippen LogP contribution in [0.15, 0.2) is 10.7 Å². The maximum Gasteiger partial charge on any atom is 0.263 e. The van der Waals surface area contributed by atoms with Gasteiger partial charge in [0, 0.05) is 6.92 Å². The Balaban J connectivity index is 2.88. The first-order valence-corrected chi connectivity index (χ1v) is 2.80. The topological polar surface area (TPSA) is 63.3 Å². The monoisotopic (exact) mass is 141 g/mol. The molecular formula is C6H7NO3. The Morgan fingerprint density at radius 1 is 1.90 bits per heavy atom. The van der Waals surface area contributed by atoms with Gasteiger partial charge in [-0.3, -0.25) is 4.79 Å². The van der Waals surface area contributed by atoms with Crippen molar-refractivity contribution in [2.75, 3.05) is 0 Å². The molecule has 0 aliphatic carbocycles. The minimum Gasteiger partial charge on any atom is -0.442 e. The Labute approximate surface area is 57.5 Å². The summed E-state index contributed by atoms with van der Waals surface area (Å²) in [5.74, 6) is -0.191. The number of carbonyl (C=O) groups is 1. The van der Waals surface area contributed by atoms with Crippen molar-refractivity contribution in [2.24, 2.45) is 0 Å². The van der Waals surface area contributed by atoms with Gasteiger partial charge < -0.3 is 9.52 Å². The lowest BCUT2D eigenvalue weighted by Gasteiger charge is -1.80. The van der Waals surface area contributed by atoms with Crippen LogP contribution < -0.4 is 0 Å². The molecule has 1 rings (SSSR count). The van der Waals surface area contributed by atoms with Crippen molar-refractivity contribution in [1.29, 1.82) is 0 Å². The number of Topliss-reactive ketones (excluding diaryl/α,β-unsaturated/α-hetero) is 1. The number of rotatable bonds is 2. The summed E-state index contributed by atoms with van der Waals surface area (Å²) < 4.78 is 4.70. The number of hydrogen-bond donors (Lipinski definition) is 1. The second-order valence-corrected chi connectivity index (χ2v) is 1.86. The van der Waals surface area contributed by atoms with E-state index in [9.17, 15) is 4.79 Å². The highest BCUT2D eigenvalue weighted by molar-refractivity contribution is 5.89. The summed E-state index contributed by atoms with van der Waals surface area (Å²) in [7, 11) is 0. The number of oxazole rings is 1. The number of ketones is 1. The molecule has 0 spiro atoms. The van der Waals surface area contributed by atoms with Gasteiger partial charge in [-0.05, 0) is 0 Å². The quantitative estimate of drug-likeness (QED) is 0.604. The molecule has 4 heteroatoms. The predicted octanol–water partition coefficient (Wildman–Crippen LogP) is 0.369. The summed E-state index contributed by atoms with van der Waals surface area (Å²) in [6, 6.07) is 0. The van der Waals surface area contributed by atoms with Crippen molar-refractivity contribution in [2.45, 2.75) is 13.5 Å². The molecule has 0 radical (unpaired) electrons. The van der Waals surface area contributed by atoms with Gasteiger partial charge in [-0.25, -0.2) is 4.98 Å². The Kier molecular flexibility index (Phi) is 1.82. The van der Waals surface area contributed by atoms with Crippen molar-refractivity contribution in [3.8, 4) is 0 Å². The van der Waals surface area contributed by atoms with Crippen LogP contribution in [0.3, 0.4) is 0 Å². The van der Waals surface area contributed by atoms with Crippen molar-refractivity contribution in [3.63, 3.8) is 0 Å². The van der Waals surface area contributed by atoms with E-state index in [1.807, 2.05) is 0 Å². The molecule has 0 atom stereocenters. The molecule has 0 aliphatic heterocycles. The second kappa shape index (κ2) is 2.62. The number of aliphatic hydroxyl groups is 1. The van der Waals surface area contributed by atoms with Gasteiger partial charge in [0.25, 0.3) is 5.89 Å². The maximum absolute atomic E-state index is 10.5. The Morgan fingerprint density at radius 3 is 2.90 bits per heavy atom. The molecule has 0 aliphatic rings. The van der Waals surface area contributed by atoms with Crippen LogP contribution in [0.1, 0.15) is 23.3 Å². The molecule has 1 N–H and O–H groups in total. The summed E-state index contributed by atoms with van der Waals surface area (Å²) in [5.41, 5.74) is 0.380. The van der Waals surface area contributed by atoms with Crippen LogP contribution in [0.4, 0.5) is 0 Å². The molecular weight excluding hydrogens is 134 g/mol. The molecule has 0 aromatic carbocycles. The minimum atomic E-state index is -0.236. The number of nitrogens with zero attached hydrogens (tertiary/aromatic N) is 1. The maximum atomic E-state index is 10.5. The van der Waals surface area contributed by atoms with Crippen LogP contribution in [0, 0.1) is 0 Å². The third-order valence-electron chi connectivity index (χ3n) is 1.01. The Morgan fingerprint density at radius 2 is 2.60 bits per heavy atom. The molecule has 0 bridgehead atoms. The Bertz CT molecular complexity index is 241. The van der Waals surface area contributed by atoms with Crippen molar-refractivity contribution < 1.29 is 14.3 Å². The highest BCUT2D eigenvalue weighted by Crippen LogP contribution is 2.01. The van der Waals surface area contributed by atoms with E-state index in [0.717, 1.165) is 0 Å². The highest BCUT2D eigenvalue weighted by Gasteiger charge is 2.06. The molecule has 0 fully saturated rings. The Hall–Kier alpha value is -1.16. The molecule has 0 saturated carbocycles.